The highest BCUT2D eigenvalue weighted by molar-refractivity contribution is 6.01. The first-order valence-corrected chi connectivity index (χ1v) is 9.69. The molecule has 0 radical (unpaired) electrons. The Hall–Kier alpha value is -3.06. The van der Waals surface area contributed by atoms with Crippen LogP contribution in [0.2, 0.25) is 0 Å². The second-order valence-corrected chi connectivity index (χ2v) is 6.86. The van der Waals surface area contributed by atoms with Crippen molar-refractivity contribution < 1.29 is 19.1 Å². The smallest absolute Gasteiger partial charge is 0.339 e. The van der Waals surface area contributed by atoms with Crippen LogP contribution in [0.15, 0.2) is 48.5 Å². The van der Waals surface area contributed by atoms with Crippen molar-refractivity contribution in [2.75, 3.05) is 57.2 Å². The normalized spacial score (nSPS) is 14.3. The third-order valence-electron chi connectivity index (χ3n) is 5.07. The number of hydrogen-bond acceptors (Lipinski definition) is 6. The molecule has 29 heavy (non-hydrogen) atoms. The lowest BCUT2D eigenvalue weighted by Crippen LogP contribution is -2.47. The Kier molecular flexibility index (Phi) is 7.08. The quantitative estimate of drug-likeness (QED) is 0.725. The Bertz CT molecular complexity index is 830. The number of amides is 1. The van der Waals surface area contributed by atoms with Gasteiger partial charge in [-0.3, -0.25) is 9.69 Å². The van der Waals surface area contributed by atoms with Gasteiger partial charge in [0.05, 0.1) is 25.5 Å². The maximum atomic E-state index is 12.4. The number of methoxy groups -OCH3 is 2. The number of hydrogen-bond donors (Lipinski definition) is 1. The average Bonchev–Trinajstić information content (AvgIpc) is 2.78. The molecule has 1 amide bonds. The molecule has 1 aliphatic rings. The summed E-state index contributed by atoms with van der Waals surface area (Å²) in [6, 6.07) is 14.9. The standard InChI is InChI=1S/C22H27N3O4/c1-28-18-9-7-17(8-10-18)25-15-13-24(14-16-25)12-11-21(26)23-20-6-4-3-5-19(20)22(27)29-2/h3-10H,11-16H2,1-2H3,(H,23,26). The summed E-state index contributed by atoms with van der Waals surface area (Å²) in [5.74, 6) is 0.279. The number of rotatable bonds is 7. The van der Waals surface area contributed by atoms with Crippen LogP contribution in [0.25, 0.3) is 0 Å². The molecule has 0 saturated carbocycles. The zero-order valence-corrected chi connectivity index (χ0v) is 16.9. The number of esters is 1. The minimum absolute atomic E-state index is 0.112. The first-order valence-electron chi connectivity index (χ1n) is 9.69. The number of ether oxygens (including phenoxy) is 2. The van der Waals surface area contributed by atoms with Crippen LogP contribution in [0.1, 0.15) is 16.8 Å². The molecule has 0 unspecified atom stereocenters. The number of para-hydroxylation sites is 1. The second-order valence-electron chi connectivity index (χ2n) is 6.86. The zero-order chi connectivity index (χ0) is 20.6. The van der Waals surface area contributed by atoms with E-state index in [-0.39, 0.29) is 5.91 Å². The van der Waals surface area contributed by atoms with Crippen molar-refractivity contribution in [3.05, 3.63) is 54.1 Å². The van der Waals surface area contributed by atoms with Gasteiger partial charge in [0.25, 0.3) is 0 Å². The van der Waals surface area contributed by atoms with Gasteiger partial charge < -0.3 is 19.7 Å². The van der Waals surface area contributed by atoms with Crippen LogP contribution in [-0.4, -0.2) is 63.7 Å². The van der Waals surface area contributed by atoms with Crippen molar-refractivity contribution in [2.24, 2.45) is 0 Å². The van der Waals surface area contributed by atoms with E-state index in [4.69, 9.17) is 9.47 Å². The highest BCUT2D eigenvalue weighted by atomic mass is 16.5. The van der Waals surface area contributed by atoms with E-state index in [0.29, 0.717) is 24.2 Å². The molecular formula is C22H27N3O4. The van der Waals surface area contributed by atoms with Crippen LogP contribution in [0.4, 0.5) is 11.4 Å². The number of benzene rings is 2. The topological polar surface area (TPSA) is 71.1 Å². The fourth-order valence-corrected chi connectivity index (χ4v) is 3.38. The van der Waals surface area contributed by atoms with Gasteiger partial charge in [0.15, 0.2) is 0 Å². The van der Waals surface area contributed by atoms with E-state index in [2.05, 4.69) is 27.2 Å². The molecule has 154 valence electrons. The van der Waals surface area contributed by atoms with Crippen molar-refractivity contribution in [3.8, 4) is 5.75 Å². The lowest BCUT2D eigenvalue weighted by atomic mass is 10.1. The van der Waals surface area contributed by atoms with Gasteiger partial charge in [0, 0.05) is 44.8 Å². The van der Waals surface area contributed by atoms with Gasteiger partial charge in [-0.1, -0.05) is 12.1 Å². The molecule has 0 spiro atoms. The van der Waals surface area contributed by atoms with E-state index in [0.717, 1.165) is 31.9 Å². The number of anilines is 2. The largest absolute Gasteiger partial charge is 0.497 e. The molecule has 7 heteroatoms. The number of carbonyl (C=O) groups excluding carboxylic acids is 2. The van der Waals surface area contributed by atoms with E-state index in [1.54, 1.807) is 31.4 Å². The Labute approximate surface area is 171 Å². The minimum Gasteiger partial charge on any atom is -0.497 e. The maximum Gasteiger partial charge on any atom is 0.339 e. The van der Waals surface area contributed by atoms with Gasteiger partial charge in [0.2, 0.25) is 5.91 Å². The van der Waals surface area contributed by atoms with E-state index in [1.807, 2.05) is 12.1 Å². The third-order valence-corrected chi connectivity index (χ3v) is 5.07. The summed E-state index contributed by atoms with van der Waals surface area (Å²) in [5.41, 5.74) is 2.02. The molecule has 3 rings (SSSR count). The summed E-state index contributed by atoms with van der Waals surface area (Å²) in [6.45, 7) is 4.32. The monoisotopic (exact) mass is 397 g/mol. The lowest BCUT2D eigenvalue weighted by molar-refractivity contribution is -0.116. The summed E-state index contributed by atoms with van der Waals surface area (Å²) < 4.78 is 9.97. The summed E-state index contributed by atoms with van der Waals surface area (Å²) in [6.07, 6.45) is 0.373. The molecule has 0 aromatic heterocycles. The molecule has 1 aliphatic heterocycles. The van der Waals surface area contributed by atoms with E-state index in [9.17, 15) is 9.59 Å². The molecule has 0 aliphatic carbocycles. The average molecular weight is 397 g/mol. The summed E-state index contributed by atoms with van der Waals surface area (Å²) in [4.78, 5) is 28.8. The van der Waals surface area contributed by atoms with Crippen molar-refractivity contribution in [1.82, 2.24) is 4.90 Å². The second kappa shape index (κ2) is 9.93. The molecule has 1 fully saturated rings. The van der Waals surface area contributed by atoms with Crippen molar-refractivity contribution in [2.45, 2.75) is 6.42 Å². The summed E-state index contributed by atoms with van der Waals surface area (Å²) in [5, 5.41) is 2.82. The highest BCUT2D eigenvalue weighted by Gasteiger charge is 2.19. The van der Waals surface area contributed by atoms with Crippen LogP contribution >= 0.6 is 0 Å². The first-order chi connectivity index (χ1) is 14.1. The highest BCUT2D eigenvalue weighted by Crippen LogP contribution is 2.21. The molecule has 1 saturated heterocycles. The van der Waals surface area contributed by atoms with Crippen LogP contribution in [0.3, 0.4) is 0 Å². The van der Waals surface area contributed by atoms with Gasteiger partial charge in [-0.05, 0) is 36.4 Å². The molecule has 1 N–H and O–H groups in total. The number of carbonyl (C=O) groups is 2. The Morgan fingerprint density at radius 2 is 1.66 bits per heavy atom. The lowest BCUT2D eigenvalue weighted by Gasteiger charge is -2.36. The Morgan fingerprint density at radius 1 is 0.966 bits per heavy atom. The predicted molar refractivity (Wildman–Crippen MR) is 113 cm³/mol. The van der Waals surface area contributed by atoms with Crippen molar-refractivity contribution in [3.63, 3.8) is 0 Å². The Balaban J connectivity index is 1.45. The SMILES string of the molecule is COC(=O)c1ccccc1NC(=O)CCN1CCN(c2ccc(OC)cc2)CC1. The van der Waals surface area contributed by atoms with Gasteiger partial charge in [-0.25, -0.2) is 4.79 Å². The van der Waals surface area contributed by atoms with Gasteiger partial charge in [0.1, 0.15) is 5.75 Å². The number of piperazine rings is 1. The van der Waals surface area contributed by atoms with Gasteiger partial charge in [-0.15, -0.1) is 0 Å². The first kappa shape index (κ1) is 20.7. The summed E-state index contributed by atoms with van der Waals surface area (Å²) in [7, 11) is 2.99. The van der Waals surface area contributed by atoms with Crippen LogP contribution < -0.4 is 15.0 Å². The molecule has 0 atom stereocenters. The van der Waals surface area contributed by atoms with Gasteiger partial charge >= 0.3 is 5.97 Å². The third kappa shape index (κ3) is 5.48. The molecule has 2 aromatic carbocycles. The molecule has 1 heterocycles. The fraction of sp³-hybridized carbons (Fsp3) is 0.364. The Morgan fingerprint density at radius 3 is 2.31 bits per heavy atom. The fourth-order valence-electron chi connectivity index (χ4n) is 3.38. The molecule has 0 bridgehead atoms. The molecule has 2 aromatic rings. The van der Waals surface area contributed by atoms with E-state index < -0.39 is 5.97 Å². The predicted octanol–water partition coefficient (Wildman–Crippen LogP) is 2.63. The molecule has 7 nitrogen and oxygen atoms in total. The van der Waals surface area contributed by atoms with Crippen molar-refractivity contribution in [1.29, 1.82) is 0 Å². The summed E-state index contributed by atoms with van der Waals surface area (Å²) >= 11 is 0. The molecular weight excluding hydrogens is 370 g/mol. The number of nitrogens with zero attached hydrogens (tertiary/aromatic N) is 2. The van der Waals surface area contributed by atoms with Crippen LogP contribution in [0, 0.1) is 0 Å². The van der Waals surface area contributed by atoms with E-state index in [1.165, 1.54) is 12.8 Å². The van der Waals surface area contributed by atoms with Crippen LogP contribution in [-0.2, 0) is 9.53 Å². The van der Waals surface area contributed by atoms with E-state index >= 15 is 0 Å². The zero-order valence-electron chi connectivity index (χ0n) is 16.9. The van der Waals surface area contributed by atoms with Crippen LogP contribution in [0.5, 0.6) is 5.75 Å². The van der Waals surface area contributed by atoms with Crippen molar-refractivity contribution >= 4 is 23.3 Å². The van der Waals surface area contributed by atoms with Gasteiger partial charge in [-0.2, -0.15) is 0 Å². The number of nitrogens with one attached hydrogen (secondary N) is 1. The minimum atomic E-state index is -0.462. The maximum absolute atomic E-state index is 12.4.